The average molecular weight is 308 g/mol. The number of rotatable bonds is 2. The van der Waals surface area contributed by atoms with Gasteiger partial charge >= 0.3 is 0 Å². The van der Waals surface area contributed by atoms with E-state index in [1.807, 2.05) is 0 Å². The zero-order chi connectivity index (χ0) is 11.8. The molecule has 0 aliphatic carbocycles. The van der Waals surface area contributed by atoms with E-state index in [4.69, 9.17) is 0 Å². The zero-order valence-corrected chi connectivity index (χ0v) is 10.9. The Morgan fingerprint density at radius 3 is 2.81 bits per heavy atom. The van der Waals surface area contributed by atoms with Gasteiger partial charge in [0.05, 0.1) is 10.2 Å². The third-order valence-electron chi connectivity index (χ3n) is 2.58. The number of sulfonamides is 1. The van der Waals surface area contributed by atoms with E-state index < -0.39 is 10.0 Å². The monoisotopic (exact) mass is 307 g/mol. The molecule has 0 N–H and O–H groups in total. The Morgan fingerprint density at radius 1 is 1.44 bits per heavy atom. The molecule has 6 heteroatoms. The van der Waals surface area contributed by atoms with Crippen LogP contribution in [0, 0.1) is 5.82 Å². The van der Waals surface area contributed by atoms with Crippen LogP contribution in [0.3, 0.4) is 0 Å². The van der Waals surface area contributed by atoms with Gasteiger partial charge in [0.2, 0.25) is 10.0 Å². The second-order valence-corrected chi connectivity index (χ2v) is 6.60. The minimum absolute atomic E-state index is 0.194. The lowest BCUT2D eigenvalue weighted by Crippen LogP contribution is -2.25. The Balaban J connectivity index is 2.25. The van der Waals surface area contributed by atoms with Crippen molar-refractivity contribution < 1.29 is 12.8 Å². The molecule has 88 valence electrons. The van der Waals surface area contributed by atoms with Gasteiger partial charge in [-0.3, -0.25) is 0 Å². The van der Waals surface area contributed by atoms with Crippen molar-refractivity contribution in [3.8, 4) is 0 Å². The third-order valence-corrected chi connectivity index (χ3v) is 5.37. The van der Waals surface area contributed by atoms with Crippen molar-refractivity contribution in [2.75, 3.05) is 12.3 Å². The van der Waals surface area contributed by atoms with Crippen molar-refractivity contribution >= 4 is 26.0 Å². The lowest BCUT2D eigenvalue weighted by atomic mass is 10.2. The summed E-state index contributed by atoms with van der Waals surface area (Å²) in [4.78, 5) is 0. The second kappa shape index (κ2) is 4.43. The van der Waals surface area contributed by atoms with Crippen LogP contribution in [0.1, 0.15) is 12.0 Å². The molecule has 16 heavy (non-hydrogen) atoms. The van der Waals surface area contributed by atoms with E-state index in [1.165, 1.54) is 10.4 Å². The van der Waals surface area contributed by atoms with Gasteiger partial charge in [-0.1, -0.05) is 12.1 Å². The smallest absolute Gasteiger partial charge is 0.212 e. The van der Waals surface area contributed by atoms with E-state index >= 15 is 0 Å². The molecular weight excluding hydrogens is 297 g/mol. The Hall–Kier alpha value is -0.460. The standard InChI is InChI=1S/C10H11BrFNO2S/c11-10-8(3-1-4-9(10)12)7-13-5-2-6-16(13,14)15/h1,3-4H,2,5-7H2. The maximum Gasteiger partial charge on any atom is 0.214 e. The molecule has 0 atom stereocenters. The summed E-state index contributed by atoms with van der Waals surface area (Å²) in [6, 6.07) is 4.64. The van der Waals surface area contributed by atoms with Crippen LogP contribution >= 0.6 is 15.9 Å². The van der Waals surface area contributed by atoms with Crippen molar-refractivity contribution in [1.29, 1.82) is 0 Å². The van der Waals surface area contributed by atoms with Crippen LogP contribution in [-0.4, -0.2) is 25.0 Å². The van der Waals surface area contributed by atoms with Gasteiger partial charge < -0.3 is 0 Å². The van der Waals surface area contributed by atoms with Crippen molar-refractivity contribution in [1.82, 2.24) is 4.31 Å². The first-order chi connectivity index (χ1) is 7.50. The first-order valence-corrected chi connectivity index (χ1v) is 7.31. The summed E-state index contributed by atoms with van der Waals surface area (Å²) in [5, 5.41) is 0. The van der Waals surface area contributed by atoms with Crippen molar-refractivity contribution in [2.45, 2.75) is 13.0 Å². The molecule has 1 fully saturated rings. The Labute approximate surface area is 102 Å². The SMILES string of the molecule is O=S1(=O)CCCN1Cc1cccc(F)c1Br. The van der Waals surface area contributed by atoms with Crippen LogP contribution in [-0.2, 0) is 16.6 Å². The highest BCUT2D eigenvalue weighted by Crippen LogP contribution is 2.24. The fourth-order valence-electron chi connectivity index (χ4n) is 1.73. The van der Waals surface area contributed by atoms with Gasteiger partial charge in [-0.25, -0.2) is 12.8 Å². The summed E-state index contributed by atoms with van der Waals surface area (Å²) in [6.07, 6.45) is 0.648. The number of hydrogen-bond donors (Lipinski definition) is 0. The van der Waals surface area contributed by atoms with Gasteiger partial charge in [0, 0.05) is 13.1 Å². The van der Waals surface area contributed by atoms with E-state index in [9.17, 15) is 12.8 Å². The Bertz CT molecular complexity index is 504. The molecule has 1 saturated heterocycles. The molecular formula is C10H11BrFNO2S. The molecule has 0 amide bonds. The fourth-order valence-corrected chi connectivity index (χ4v) is 3.61. The first kappa shape index (κ1) is 12.0. The Morgan fingerprint density at radius 2 is 2.19 bits per heavy atom. The number of hydrogen-bond acceptors (Lipinski definition) is 2. The highest BCUT2D eigenvalue weighted by Gasteiger charge is 2.28. The molecule has 1 aliphatic rings. The summed E-state index contributed by atoms with van der Waals surface area (Å²) in [5.74, 6) is -0.172. The predicted octanol–water partition coefficient (Wildman–Crippen LogP) is 2.12. The van der Waals surface area contributed by atoms with Crippen LogP contribution in [0.25, 0.3) is 0 Å². The van der Waals surface area contributed by atoms with Gasteiger partial charge in [-0.2, -0.15) is 4.31 Å². The van der Waals surface area contributed by atoms with Crippen LogP contribution in [0.4, 0.5) is 4.39 Å². The van der Waals surface area contributed by atoms with Crippen LogP contribution < -0.4 is 0 Å². The number of nitrogens with zero attached hydrogens (tertiary/aromatic N) is 1. The van der Waals surface area contributed by atoms with Gasteiger partial charge in [0.1, 0.15) is 5.82 Å². The first-order valence-electron chi connectivity index (χ1n) is 4.91. The summed E-state index contributed by atoms with van der Waals surface area (Å²) in [6.45, 7) is 0.756. The highest BCUT2D eigenvalue weighted by atomic mass is 79.9. The molecule has 0 saturated carbocycles. The summed E-state index contributed by atoms with van der Waals surface area (Å²) >= 11 is 3.13. The molecule has 1 aromatic rings. The lowest BCUT2D eigenvalue weighted by Gasteiger charge is -2.15. The molecule has 3 nitrogen and oxygen atoms in total. The average Bonchev–Trinajstić information content (AvgIpc) is 2.54. The lowest BCUT2D eigenvalue weighted by molar-refractivity contribution is 0.437. The third kappa shape index (κ3) is 2.28. The normalized spacial score (nSPS) is 20.1. The topological polar surface area (TPSA) is 37.4 Å². The predicted molar refractivity (Wildman–Crippen MR) is 62.9 cm³/mol. The molecule has 1 heterocycles. The highest BCUT2D eigenvalue weighted by molar-refractivity contribution is 9.10. The summed E-state index contributed by atoms with van der Waals surface area (Å²) in [5.41, 5.74) is 0.658. The molecule has 0 spiro atoms. The van der Waals surface area contributed by atoms with Crippen molar-refractivity contribution in [3.05, 3.63) is 34.1 Å². The molecule has 0 radical (unpaired) electrons. The number of benzene rings is 1. The quantitative estimate of drug-likeness (QED) is 0.839. The fraction of sp³-hybridized carbons (Fsp3) is 0.400. The molecule has 0 aromatic heterocycles. The van der Waals surface area contributed by atoms with Gasteiger partial charge in [0.25, 0.3) is 0 Å². The van der Waals surface area contributed by atoms with Crippen LogP contribution in [0.15, 0.2) is 22.7 Å². The maximum absolute atomic E-state index is 13.2. The van der Waals surface area contributed by atoms with E-state index in [0.29, 0.717) is 23.0 Å². The van der Waals surface area contributed by atoms with Gasteiger partial charge in [-0.05, 0) is 34.0 Å². The molecule has 1 aliphatic heterocycles. The van der Waals surface area contributed by atoms with E-state index in [2.05, 4.69) is 15.9 Å². The van der Waals surface area contributed by atoms with Crippen LogP contribution in [0.5, 0.6) is 0 Å². The Kier molecular flexibility index (Phi) is 3.32. The van der Waals surface area contributed by atoms with Crippen molar-refractivity contribution in [3.63, 3.8) is 0 Å². The largest absolute Gasteiger partial charge is 0.214 e. The van der Waals surface area contributed by atoms with Gasteiger partial charge in [0.15, 0.2) is 0 Å². The summed E-state index contributed by atoms with van der Waals surface area (Å²) < 4.78 is 38.1. The number of halogens is 2. The second-order valence-electron chi connectivity index (χ2n) is 3.72. The van der Waals surface area contributed by atoms with E-state index in [1.54, 1.807) is 12.1 Å². The van der Waals surface area contributed by atoms with Crippen LogP contribution in [0.2, 0.25) is 0 Å². The minimum Gasteiger partial charge on any atom is -0.212 e. The summed E-state index contributed by atoms with van der Waals surface area (Å²) in [7, 11) is -3.12. The molecule has 0 unspecified atom stereocenters. The zero-order valence-electron chi connectivity index (χ0n) is 8.49. The molecule has 0 bridgehead atoms. The van der Waals surface area contributed by atoms with Gasteiger partial charge in [-0.15, -0.1) is 0 Å². The van der Waals surface area contributed by atoms with E-state index in [0.717, 1.165) is 0 Å². The van der Waals surface area contributed by atoms with E-state index in [-0.39, 0.29) is 18.1 Å². The minimum atomic E-state index is -3.12. The molecule has 1 aromatic carbocycles. The molecule has 2 rings (SSSR count). The maximum atomic E-state index is 13.2. The van der Waals surface area contributed by atoms with Crippen molar-refractivity contribution in [2.24, 2.45) is 0 Å².